The number of anilines is 2. The Morgan fingerprint density at radius 3 is 2.39 bits per heavy atom. The van der Waals surface area contributed by atoms with Gasteiger partial charge in [-0.15, -0.1) is 10.2 Å². The Kier molecular flexibility index (Phi) is 7.20. The van der Waals surface area contributed by atoms with Crippen LogP contribution in [0.1, 0.15) is 18.9 Å². The van der Waals surface area contributed by atoms with Crippen LogP contribution in [0.25, 0.3) is 10.6 Å². The number of carbonyl (C=O) groups is 1. The number of nitrogens with one attached hydrogen (secondary N) is 1. The van der Waals surface area contributed by atoms with Crippen LogP contribution in [-0.2, 0) is 14.8 Å². The second kappa shape index (κ2) is 9.52. The average Bonchev–Trinajstić information content (AvgIpc) is 3.16. The van der Waals surface area contributed by atoms with Gasteiger partial charge < -0.3 is 0 Å². The maximum absolute atomic E-state index is 13.0. The molecule has 0 aliphatic rings. The lowest BCUT2D eigenvalue weighted by Gasteiger charge is -2.30. The SMILES string of the molecule is CC[C@@H](C(=O)Nc1nnc(-c2ccc(C)cc2)s1)N(c1ccc(Cl)c(Cl)c1)S(C)(=O)=O. The summed E-state index contributed by atoms with van der Waals surface area (Å²) >= 11 is 13.2. The lowest BCUT2D eigenvalue weighted by atomic mass is 10.2. The molecule has 0 spiro atoms. The van der Waals surface area contributed by atoms with Gasteiger partial charge in [-0.3, -0.25) is 14.4 Å². The monoisotopic (exact) mass is 498 g/mol. The van der Waals surface area contributed by atoms with E-state index in [9.17, 15) is 13.2 Å². The average molecular weight is 499 g/mol. The van der Waals surface area contributed by atoms with E-state index in [1.54, 1.807) is 6.92 Å². The number of benzene rings is 2. The Labute approximate surface area is 195 Å². The highest BCUT2D eigenvalue weighted by atomic mass is 35.5. The van der Waals surface area contributed by atoms with E-state index in [1.165, 1.54) is 29.5 Å². The zero-order chi connectivity index (χ0) is 22.8. The maximum atomic E-state index is 13.0. The fourth-order valence-corrected chi connectivity index (χ4v) is 5.21. The molecule has 1 heterocycles. The van der Waals surface area contributed by atoms with Crippen LogP contribution in [0.2, 0.25) is 10.0 Å². The first-order valence-electron chi connectivity index (χ1n) is 9.26. The lowest BCUT2D eigenvalue weighted by molar-refractivity contribution is -0.117. The highest BCUT2D eigenvalue weighted by molar-refractivity contribution is 7.92. The van der Waals surface area contributed by atoms with E-state index in [1.807, 2.05) is 31.2 Å². The maximum Gasteiger partial charge on any atom is 0.250 e. The summed E-state index contributed by atoms with van der Waals surface area (Å²) in [5.74, 6) is -0.523. The van der Waals surface area contributed by atoms with Gasteiger partial charge in [0.05, 0.1) is 22.0 Å². The van der Waals surface area contributed by atoms with E-state index in [4.69, 9.17) is 23.2 Å². The van der Waals surface area contributed by atoms with Gasteiger partial charge in [0.25, 0.3) is 0 Å². The first kappa shape index (κ1) is 23.5. The number of hydrogen-bond donors (Lipinski definition) is 1. The molecule has 0 unspecified atom stereocenters. The third-order valence-corrected chi connectivity index (χ3v) is 7.25. The van der Waals surface area contributed by atoms with Gasteiger partial charge in [-0.2, -0.15) is 0 Å². The second-order valence-corrected chi connectivity index (χ2v) is 10.5. The van der Waals surface area contributed by atoms with E-state index >= 15 is 0 Å². The van der Waals surface area contributed by atoms with Crippen molar-refractivity contribution < 1.29 is 13.2 Å². The molecule has 1 atom stereocenters. The van der Waals surface area contributed by atoms with Crippen LogP contribution in [0.5, 0.6) is 0 Å². The van der Waals surface area contributed by atoms with Gasteiger partial charge in [-0.1, -0.05) is 71.3 Å². The van der Waals surface area contributed by atoms with Crippen molar-refractivity contribution in [2.24, 2.45) is 0 Å². The van der Waals surface area contributed by atoms with Gasteiger partial charge in [-0.05, 0) is 31.5 Å². The van der Waals surface area contributed by atoms with Crippen LogP contribution in [-0.4, -0.2) is 36.8 Å². The Morgan fingerprint density at radius 1 is 1.13 bits per heavy atom. The molecule has 1 N–H and O–H groups in total. The second-order valence-electron chi connectivity index (χ2n) is 6.85. The molecule has 0 saturated carbocycles. The molecule has 31 heavy (non-hydrogen) atoms. The number of sulfonamides is 1. The van der Waals surface area contributed by atoms with Gasteiger partial charge >= 0.3 is 0 Å². The molecular formula is C20H20Cl2N4O3S2. The molecule has 0 fully saturated rings. The molecule has 1 amide bonds. The molecule has 0 bridgehead atoms. The largest absolute Gasteiger partial charge is 0.299 e. The predicted molar refractivity (Wildman–Crippen MR) is 127 cm³/mol. The number of aromatic nitrogens is 2. The predicted octanol–water partition coefficient (Wildman–Crippen LogP) is 5.00. The summed E-state index contributed by atoms with van der Waals surface area (Å²) in [5, 5.41) is 12.2. The first-order valence-corrected chi connectivity index (χ1v) is 12.7. The highest BCUT2D eigenvalue weighted by Gasteiger charge is 2.32. The fraction of sp³-hybridized carbons (Fsp3) is 0.250. The molecule has 0 aliphatic heterocycles. The molecule has 3 aromatic rings. The summed E-state index contributed by atoms with van der Waals surface area (Å²) in [6.45, 7) is 3.71. The molecule has 11 heteroatoms. The molecule has 3 rings (SSSR count). The van der Waals surface area contributed by atoms with Crippen molar-refractivity contribution in [3.63, 3.8) is 0 Å². The normalized spacial score (nSPS) is 12.4. The third kappa shape index (κ3) is 5.54. The summed E-state index contributed by atoms with van der Waals surface area (Å²) in [4.78, 5) is 13.0. The van der Waals surface area contributed by atoms with Gasteiger partial charge in [-0.25, -0.2) is 8.42 Å². The van der Waals surface area contributed by atoms with Crippen LogP contribution >= 0.6 is 34.5 Å². The van der Waals surface area contributed by atoms with Crippen molar-refractivity contribution in [2.45, 2.75) is 26.3 Å². The Bertz CT molecular complexity index is 1200. The Morgan fingerprint density at radius 2 is 1.81 bits per heavy atom. The molecular weight excluding hydrogens is 479 g/mol. The van der Waals surface area contributed by atoms with Crippen LogP contribution < -0.4 is 9.62 Å². The lowest BCUT2D eigenvalue weighted by Crippen LogP contribution is -2.47. The summed E-state index contributed by atoms with van der Waals surface area (Å²) in [5.41, 5.74) is 2.25. The van der Waals surface area contributed by atoms with Crippen LogP contribution in [0.4, 0.5) is 10.8 Å². The van der Waals surface area contributed by atoms with E-state index in [0.29, 0.717) is 5.01 Å². The molecule has 2 aromatic carbocycles. The van der Waals surface area contributed by atoms with Gasteiger partial charge in [0.2, 0.25) is 21.1 Å². The zero-order valence-electron chi connectivity index (χ0n) is 17.0. The molecule has 7 nitrogen and oxygen atoms in total. The standard InChI is InChI=1S/C20H20Cl2N4O3S2/c1-4-17(26(31(3,28)29)14-9-10-15(21)16(22)11-14)18(27)23-20-25-24-19(30-20)13-7-5-12(2)6-8-13/h5-11,17H,4H2,1-3H3,(H,23,25,27)/t17-/m0/s1. The minimum Gasteiger partial charge on any atom is -0.299 e. The molecule has 0 aliphatic carbocycles. The number of halogens is 2. The number of rotatable bonds is 7. The zero-order valence-corrected chi connectivity index (χ0v) is 20.1. The van der Waals surface area contributed by atoms with Crippen molar-refractivity contribution in [3.8, 4) is 10.6 Å². The number of amides is 1. The van der Waals surface area contributed by atoms with Gasteiger partial charge in [0.1, 0.15) is 11.0 Å². The minimum atomic E-state index is -3.80. The number of aryl methyl sites for hydroxylation is 1. The van der Waals surface area contributed by atoms with Crippen molar-refractivity contribution in [1.29, 1.82) is 0 Å². The van der Waals surface area contributed by atoms with E-state index in [2.05, 4.69) is 15.5 Å². The van der Waals surface area contributed by atoms with E-state index < -0.39 is 22.0 Å². The number of hydrogen-bond acceptors (Lipinski definition) is 6. The molecule has 164 valence electrons. The summed E-state index contributed by atoms with van der Waals surface area (Å²) < 4.78 is 26.1. The molecule has 0 radical (unpaired) electrons. The van der Waals surface area contributed by atoms with Crippen LogP contribution in [0.3, 0.4) is 0 Å². The van der Waals surface area contributed by atoms with Gasteiger partial charge in [0, 0.05) is 5.56 Å². The number of nitrogens with zero attached hydrogens (tertiary/aromatic N) is 3. The van der Waals surface area contributed by atoms with Crippen molar-refractivity contribution in [3.05, 3.63) is 58.1 Å². The molecule has 0 saturated heterocycles. The first-order chi connectivity index (χ1) is 14.6. The van der Waals surface area contributed by atoms with E-state index in [0.717, 1.165) is 21.7 Å². The van der Waals surface area contributed by atoms with Crippen molar-refractivity contribution in [2.75, 3.05) is 15.9 Å². The van der Waals surface area contributed by atoms with Crippen molar-refractivity contribution >= 4 is 61.3 Å². The fourth-order valence-electron chi connectivity index (χ4n) is 2.96. The van der Waals surface area contributed by atoms with Crippen LogP contribution in [0.15, 0.2) is 42.5 Å². The minimum absolute atomic E-state index is 0.190. The summed E-state index contributed by atoms with van der Waals surface area (Å²) in [6.07, 6.45) is 1.26. The quantitative estimate of drug-likeness (QED) is 0.494. The van der Waals surface area contributed by atoms with Crippen molar-refractivity contribution in [1.82, 2.24) is 10.2 Å². The van der Waals surface area contributed by atoms with E-state index in [-0.39, 0.29) is 27.3 Å². The van der Waals surface area contributed by atoms with Crippen LogP contribution in [0, 0.1) is 6.92 Å². The third-order valence-electron chi connectivity index (χ3n) is 4.44. The summed E-state index contributed by atoms with van der Waals surface area (Å²) in [7, 11) is -3.80. The summed E-state index contributed by atoms with van der Waals surface area (Å²) in [6, 6.07) is 11.2. The van der Waals surface area contributed by atoms with Gasteiger partial charge in [0.15, 0.2) is 0 Å². The Balaban J connectivity index is 1.87. The highest BCUT2D eigenvalue weighted by Crippen LogP contribution is 2.31. The number of carbonyl (C=O) groups excluding carboxylic acids is 1. The Hall–Kier alpha value is -2.20. The topological polar surface area (TPSA) is 92.3 Å². The molecule has 1 aromatic heterocycles. The smallest absolute Gasteiger partial charge is 0.250 e.